The number of nitrogens with one attached hydrogen (secondary N) is 2. The van der Waals surface area contributed by atoms with Crippen LogP contribution in [0.4, 0.5) is 11.4 Å². The zero-order valence-corrected chi connectivity index (χ0v) is 13.2. The predicted octanol–water partition coefficient (Wildman–Crippen LogP) is 4.32. The first-order valence-corrected chi connectivity index (χ1v) is 7.20. The van der Waals surface area contributed by atoms with E-state index in [1.165, 1.54) is 5.56 Å². The van der Waals surface area contributed by atoms with Crippen LogP contribution in [-0.4, -0.2) is 12.5 Å². The number of rotatable bonds is 4. The van der Waals surface area contributed by atoms with E-state index in [1.54, 1.807) is 12.1 Å². The second-order valence-corrected chi connectivity index (χ2v) is 5.62. The van der Waals surface area contributed by atoms with Crippen molar-refractivity contribution in [3.05, 3.63) is 58.1 Å². The van der Waals surface area contributed by atoms with Gasteiger partial charge >= 0.3 is 0 Å². The Balaban J connectivity index is 1.99. The van der Waals surface area contributed by atoms with Gasteiger partial charge in [0.2, 0.25) is 5.91 Å². The molecule has 2 N–H and O–H groups in total. The van der Waals surface area contributed by atoms with Crippen molar-refractivity contribution in [3.8, 4) is 0 Å². The molecule has 0 heterocycles. The third-order valence-corrected chi connectivity index (χ3v) is 3.45. The predicted molar refractivity (Wildman–Crippen MR) is 89.2 cm³/mol. The quantitative estimate of drug-likeness (QED) is 0.883. The number of hydrogen-bond donors (Lipinski definition) is 2. The maximum absolute atomic E-state index is 12.1. The largest absolute Gasteiger partial charge is 0.376 e. The average molecular weight is 303 g/mol. The number of benzene rings is 2. The number of halogens is 1. The van der Waals surface area contributed by atoms with Gasteiger partial charge < -0.3 is 10.6 Å². The van der Waals surface area contributed by atoms with Crippen LogP contribution < -0.4 is 10.6 Å². The lowest BCUT2D eigenvalue weighted by atomic mass is 10.1. The molecule has 0 aliphatic heterocycles. The van der Waals surface area contributed by atoms with Crippen LogP contribution in [0.3, 0.4) is 0 Å². The molecule has 0 fully saturated rings. The zero-order valence-electron chi connectivity index (χ0n) is 12.5. The van der Waals surface area contributed by atoms with E-state index in [0.717, 1.165) is 22.5 Å². The van der Waals surface area contributed by atoms with Crippen molar-refractivity contribution >= 4 is 28.9 Å². The van der Waals surface area contributed by atoms with Crippen molar-refractivity contribution in [2.75, 3.05) is 17.2 Å². The van der Waals surface area contributed by atoms with Gasteiger partial charge in [-0.25, -0.2) is 0 Å². The maximum atomic E-state index is 12.1. The third kappa shape index (κ3) is 4.23. The SMILES string of the molecule is Cc1cc(C)c(NC(=O)CNc2cccc(Cl)c2)c(C)c1. The number of aryl methyl sites for hydroxylation is 3. The van der Waals surface area contributed by atoms with Crippen molar-refractivity contribution in [1.29, 1.82) is 0 Å². The first-order valence-electron chi connectivity index (χ1n) is 6.83. The Labute approximate surface area is 130 Å². The Morgan fingerprint density at radius 1 is 1.10 bits per heavy atom. The highest BCUT2D eigenvalue weighted by atomic mass is 35.5. The summed E-state index contributed by atoms with van der Waals surface area (Å²) in [7, 11) is 0. The minimum Gasteiger partial charge on any atom is -0.376 e. The lowest BCUT2D eigenvalue weighted by molar-refractivity contribution is -0.114. The lowest BCUT2D eigenvalue weighted by Gasteiger charge is -2.13. The maximum Gasteiger partial charge on any atom is 0.243 e. The van der Waals surface area contributed by atoms with Crippen molar-refractivity contribution in [3.63, 3.8) is 0 Å². The van der Waals surface area contributed by atoms with Gasteiger partial charge in [0.15, 0.2) is 0 Å². The first kappa shape index (κ1) is 15.4. The van der Waals surface area contributed by atoms with Gasteiger partial charge in [-0.3, -0.25) is 4.79 Å². The van der Waals surface area contributed by atoms with Crippen molar-refractivity contribution in [1.82, 2.24) is 0 Å². The van der Waals surface area contributed by atoms with Crippen LogP contribution in [0.25, 0.3) is 0 Å². The van der Waals surface area contributed by atoms with E-state index < -0.39 is 0 Å². The Kier molecular flexibility index (Phi) is 4.86. The smallest absolute Gasteiger partial charge is 0.243 e. The monoisotopic (exact) mass is 302 g/mol. The zero-order chi connectivity index (χ0) is 15.4. The van der Waals surface area contributed by atoms with Crippen molar-refractivity contribution in [2.24, 2.45) is 0 Å². The summed E-state index contributed by atoms with van der Waals surface area (Å²) in [5.74, 6) is -0.0787. The molecule has 2 rings (SSSR count). The second kappa shape index (κ2) is 6.64. The van der Waals surface area contributed by atoms with Crippen LogP contribution in [0.5, 0.6) is 0 Å². The Morgan fingerprint density at radius 2 is 1.76 bits per heavy atom. The van der Waals surface area contributed by atoms with Gasteiger partial charge in [0.05, 0.1) is 6.54 Å². The molecular formula is C17H19ClN2O. The van der Waals surface area contributed by atoms with E-state index in [0.29, 0.717) is 5.02 Å². The van der Waals surface area contributed by atoms with Crippen LogP contribution in [0, 0.1) is 20.8 Å². The molecule has 0 saturated carbocycles. The lowest BCUT2D eigenvalue weighted by Crippen LogP contribution is -2.22. The molecule has 0 bridgehead atoms. The van der Waals surface area contributed by atoms with Crippen molar-refractivity contribution in [2.45, 2.75) is 20.8 Å². The Hall–Kier alpha value is -2.00. The molecule has 0 radical (unpaired) electrons. The van der Waals surface area contributed by atoms with E-state index in [9.17, 15) is 4.79 Å². The molecule has 110 valence electrons. The number of hydrogen-bond acceptors (Lipinski definition) is 2. The molecule has 0 spiro atoms. The highest BCUT2D eigenvalue weighted by Crippen LogP contribution is 2.22. The average Bonchev–Trinajstić information content (AvgIpc) is 2.40. The summed E-state index contributed by atoms with van der Waals surface area (Å²) in [6.45, 7) is 6.25. The summed E-state index contributed by atoms with van der Waals surface area (Å²) in [5.41, 5.74) is 5.06. The Morgan fingerprint density at radius 3 is 2.38 bits per heavy atom. The number of anilines is 2. The molecule has 1 amide bonds. The Bertz CT molecular complexity index is 645. The molecule has 2 aromatic carbocycles. The summed E-state index contributed by atoms with van der Waals surface area (Å²) < 4.78 is 0. The van der Waals surface area contributed by atoms with Crippen LogP contribution in [-0.2, 0) is 4.79 Å². The minimum absolute atomic E-state index is 0.0787. The standard InChI is InChI=1S/C17H19ClN2O/c1-11-7-12(2)17(13(3)8-11)20-16(21)10-19-15-6-4-5-14(18)9-15/h4-9,19H,10H2,1-3H3,(H,20,21). The number of amides is 1. The fraction of sp³-hybridized carbons (Fsp3) is 0.235. The van der Waals surface area contributed by atoms with Crippen LogP contribution in [0.15, 0.2) is 36.4 Å². The van der Waals surface area contributed by atoms with E-state index >= 15 is 0 Å². The summed E-state index contributed by atoms with van der Waals surface area (Å²) in [4.78, 5) is 12.1. The van der Waals surface area contributed by atoms with Crippen molar-refractivity contribution < 1.29 is 4.79 Å². The van der Waals surface area contributed by atoms with Crippen LogP contribution in [0.2, 0.25) is 5.02 Å². The van der Waals surface area contributed by atoms with E-state index in [2.05, 4.69) is 22.8 Å². The molecule has 0 aliphatic carbocycles. The summed E-state index contributed by atoms with van der Waals surface area (Å²) in [6.07, 6.45) is 0. The fourth-order valence-electron chi connectivity index (χ4n) is 2.34. The van der Waals surface area contributed by atoms with Gasteiger partial charge in [-0.15, -0.1) is 0 Å². The molecule has 0 unspecified atom stereocenters. The van der Waals surface area contributed by atoms with Crippen LogP contribution >= 0.6 is 11.6 Å². The summed E-state index contributed by atoms with van der Waals surface area (Å²) in [5, 5.41) is 6.66. The van der Waals surface area contributed by atoms with Crippen LogP contribution in [0.1, 0.15) is 16.7 Å². The normalized spacial score (nSPS) is 10.3. The van der Waals surface area contributed by atoms with E-state index in [-0.39, 0.29) is 12.5 Å². The fourth-order valence-corrected chi connectivity index (χ4v) is 2.53. The third-order valence-electron chi connectivity index (χ3n) is 3.22. The molecule has 3 nitrogen and oxygen atoms in total. The van der Waals surface area contributed by atoms with E-state index in [4.69, 9.17) is 11.6 Å². The summed E-state index contributed by atoms with van der Waals surface area (Å²) >= 11 is 5.91. The highest BCUT2D eigenvalue weighted by Gasteiger charge is 2.08. The molecule has 0 aromatic heterocycles. The van der Waals surface area contributed by atoms with Gasteiger partial charge in [0.25, 0.3) is 0 Å². The molecule has 0 saturated heterocycles. The van der Waals surface area contributed by atoms with Gasteiger partial charge in [0, 0.05) is 16.4 Å². The van der Waals surface area contributed by atoms with E-state index in [1.807, 2.05) is 32.9 Å². The molecule has 0 aliphatic rings. The number of carbonyl (C=O) groups excluding carboxylic acids is 1. The molecular weight excluding hydrogens is 284 g/mol. The molecule has 21 heavy (non-hydrogen) atoms. The minimum atomic E-state index is -0.0787. The van der Waals surface area contributed by atoms with Gasteiger partial charge in [-0.1, -0.05) is 35.4 Å². The number of carbonyl (C=O) groups is 1. The summed E-state index contributed by atoms with van der Waals surface area (Å²) in [6, 6.07) is 11.4. The van der Waals surface area contributed by atoms with Gasteiger partial charge in [-0.05, 0) is 50.1 Å². The topological polar surface area (TPSA) is 41.1 Å². The first-order chi connectivity index (χ1) is 9.95. The molecule has 4 heteroatoms. The van der Waals surface area contributed by atoms with Gasteiger partial charge in [-0.2, -0.15) is 0 Å². The highest BCUT2D eigenvalue weighted by molar-refractivity contribution is 6.30. The van der Waals surface area contributed by atoms with Gasteiger partial charge in [0.1, 0.15) is 0 Å². The molecule has 0 atom stereocenters. The second-order valence-electron chi connectivity index (χ2n) is 5.19. The molecule has 2 aromatic rings.